The molecule has 1 aromatic heterocycles. The van der Waals surface area contributed by atoms with E-state index in [9.17, 15) is 0 Å². The molecule has 3 nitrogen and oxygen atoms in total. The Morgan fingerprint density at radius 2 is 1.86 bits per heavy atom. The number of aryl methyl sites for hydroxylation is 1. The Hall–Kier alpha value is -1.78. The summed E-state index contributed by atoms with van der Waals surface area (Å²) < 4.78 is 1.01. The summed E-state index contributed by atoms with van der Waals surface area (Å²) >= 11 is 9.46. The summed E-state index contributed by atoms with van der Waals surface area (Å²) in [5.74, 6) is 0.478. The van der Waals surface area contributed by atoms with Gasteiger partial charge in [-0.1, -0.05) is 45.7 Å². The molecule has 1 heterocycles. The Morgan fingerprint density at radius 3 is 2.57 bits per heavy atom. The van der Waals surface area contributed by atoms with E-state index < -0.39 is 0 Å². The standard InChI is InChI=1S/C16H13BrClN3/c1-9-2-5-11(17)8-13(9)15-14(16(19)21-20-15)10-3-6-12(18)7-4-10/h2-8H,1H3,(H3,19,20,21). The van der Waals surface area contributed by atoms with Crippen LogP contribution in [-0.4, -0.2) is 10.2 Å². The predicted molar refractivity (Wildman–Crippen MR) is 91.3 cm³/mol. The summed E-state index contributed by atoms with van der Waals surface area (Å²) in [4.78, 5) is 0. The van der Waals surface area contributed by atoms with E-state index in [4.69, 9.17) is 17.3 Å². The van der Waals surface area contributed by atoms with Crippen LogP contribution in [-0.2, 0) is 0 Å². The third kappa shape index (κ3) is 2.69. The Morgan fingerprint density at radius 1 is 1.14 bits per heavy atom. The summed E-state index contributed by atoms with van der Waals surface area (Å²) in [6.45, 7) is 2.06. The molecular weight excluding hydrogens is 350 g/mol. The van der Waals surface area contributed by atoms with Gasteiger partial charge in [-0.25, -0.2) is 0 Å². The van der Waals surface area contributed by atoms with Gasteiger partial charge in [0.2, 0.25) is 0 Å². The molecule has 0 aliphatic heterocycles. The van der Waals surface area contributed by atoms with E-state index in [1.807, 2.05) is 30.3 Å². The molecule has 0 fully saturated rings. The number of nitrogens with zero attached hydrogens (tertiary/aromatic N) is 1. The highest BCUT2D eigenvalue weighted by atomic mass is 79.9. The lowest BCUT2D eigenvalue weighted by atomic mass is 9.98. The zero-order chi connectivity index (χ0) is 15.0. The molecule has 0 saturated carbocycles. The quantitative estimate of drug-likeness (QED) is 0.670. The maximum atomic E-state index is 6.05. The van der Waals surface area contributed by atoms with E-state index in [-0.39, 0.29) is 0 Å². The first-order valence-corrected chi connectivity index (χ1v) is 7.59. The Labute approximate surface area is 136 Å². The molecule has 3 rings (SSSR count). The van der Waals surface area contributed by atoms with Gasteiger partial charge < -0.3 is 5.73 Å². The van der Waals surface area contributed by atoms with Gasteiger partial charge in [0.1, 0.15) is 0 Å². The molecule has 0 radical (unpaired) electrons. The van der Waals surface area contributed by atoms with Gasteiger partial charge in [-0.05, 0) is 42.3 Å². The van der Waals surface area contributed by atoms with E-state index in [0.717, 1.165) is 32.4 Å². The summed E-state index contributed by atoms with van der Waals surface area (Å²) in [7, 11) is 0. The van der Waals surface area contributed by atoms with E-state index in [0.29, 0.717) is 10.8 Å². The van der Waals surface area contributed by atoms with Gasteiger partial charge in [0.25, 0.3) is 0 Å². The monoisotopic (exact) mass is 361 g/mol. The van der Waals surface area contributed by atoms with E-state index in [1.54, 1.807) is 0 Å². The van der Waals surface area contributed by atoms with Gasteiger partial charge in [-0.3, -0.25) is 5.10 Å². The van der Waals surface area contributed by atoms with Crippen LogP contribution in [0.4, 0.5) is 5.82 Å². The molecule has 0 saturated heterocycles. The van der Waals surface area contributed by atoms with Crippen LogP contribution in [0.15, 0.2) is 46.9 Å². The van der Waals surface area contributed by atoms with E-state index in [1.165, 1.54) is 0 Å². The fourth-order valence-electron chi connectivity index (χ4n) is 2.32. The zero-order valence-electron chi connectivity index (χ0n) is 11.3. The first-order valence-electron chi connectivity index (χ1n) is 6.42. The van der Waals surface area contributed by atoms with Crippen molar-refractivity contribution in [2.24, 2.45) is 0 Å². The van der Waals surface area contributed by atoms with Crippen LogP contribution in [0.3, 0.4) is 0 Å². The normalized spacial score (nSPS) is 10.8. The number of H-pyrrole nitrogens is 1. The highest BCUT2D eigenvalue weighted by Gasteiger charge is 2.16. The Balaban J connectivity index is 2.21. The molecule has 3 N–H and O–H groups in total. The minimum Gasteiger partial charge on any atom is -0.382 e. The number of hydrogen-bond donors (Lipinski definition) is 2. The van der Waals surface area contributed by atoms with E-state index >= 15 is 0 Å². The number of benzene rings is 2. The number of nitrogens with one attached hydrogen (secondary N) is 1. The number of aromatic nitrogens is 2. The lowest BCUT2D eigenvalue weighted by Crippen LogP contribution is -1.90. The van der Waals surface area contributed by atoms with Gasteiger partial charge in [0.15, 0.2) is 5.82 Å². The molecular formula is C16H13BrClN3. The molecule has 5 heteroatoms. The molecule has 0 aliphatic carbocycles. The van der Waals surface area contributed by atoms with Crippen molar-refractivity contribution in [3.05, 3.63) is 57.5 Å². The average Bonchev–Trinajstić information content (AvgIpc) is 2.84. The Kier molecular flexibility index (Phi) is 3.74. The van der Waals surface area contributed by atoms with Crippen molar-refractivity contribution >= 4 is 33.3 Å². The largest absolute Gasteiger partial charge is 0.382 e. The van der Waals surface area contributed by atoms with Gasteiger partial charge in [0, 0.05) is 15.1 Å². The summed E-state index contributed by atoms with van der Waals surface area (Å²) in [6.07, 6.45) is 0. The zero-order valence-corrected chi connectivity index (χ0v) is 13.7. The summed E-state index contributed by atoms with van der Waals surface area (Å²) in [6, 6.07) is 13.7. The highest BCUT2D eigenvalue weighted by Crippen LogP contribution is 2.37. The second-order valence-electron chi connectivity index (χ2n) is 4.82. The molecule has 0 bridgehead atoms. The topological polar surface area (TPSA) is 54.7 Å². The molecule has 0 unspecified atom stereocenters. The van der Waals surface area contributed by atoms with Crippen molar-refractivity contribution in [2.75, 3.05) is 5.73 Å². The minimum atomic E-state index is 0.478. The first-order chi connectivity index (χ1) is 10.1. The van der Waals surface area contributed by atoms with Crippen LogP contribution in [0.1, 0.15) is 5.56 Å². The second-order valence-corrected chi connectivity index (χ2v) is 6.18. The molecule has 21 heavy (non-hydrogen) atoms. The number of anilines is 1. The van der Waals surface area contributed by atoms with Crippen LogP contribution >= 0.6 is 27.5 Å². The maximum absolute atomic E-state index is 6.05. The lowest BCUT2D eigenvalue weighted by Gasteiger charge is -2.08. The number of nitrogens with two attached hydrogens (primary N) is 1. The Bertz CT molecular complexity index is 794. The van der Waals surface area contributed by atoms with Gasteiger partial charge in [-0.15, -0.1) is 0 Å². The van der Waals surface area contributed by atoms with Crippen molar-refractivity contribution in [3.63, 3.8) is 0 Å². The number of halogens is 2. The van der Waals surface area contributed by atoms with Gasteiger partial charge >= 0.3 is 0 Å². The fourth-order valence-corrected chi connectivity index (χ4v) is 2.81. The molecule has 0 aliphatic rings. The van der Waals surface area contributed by atoms with Crippen LogP contribution in [0.2, 0.25) is 5.02 Å². The first kappa shape index (κ1) is 14.2. The van der Waals surface area contributed by atoms with Crippen molar-refractivity contribution in [1.82, 2.24) is 10.2 Å². The number of hydrogen-bond acceptors (Lipinski definition) is 2. The fraction of sp³-hybridized carbons (Fsp3) is 0.0625. The van der Waals surface area contributed by atoms with Crippen LogP contribution in [0.5, 0.6) is 0 Å². The van der Waals surface area contributed by atoms with Gasteiger partial charge in [-0.2, -0.15) is 5.10 Å². The van der Waals surface area contributed by atoms with Crippen LogP contribution in [0.25, 0.3) is 22.4 Å². The minimum absolute atomic E-state index is 0.478. The number of rotatable bonds is 2. The molecule has 0 atom stereocenters. The summed E-state index contributed by atoms with van der Waals surface area (Å²) in [5.41, 5.74) is 11.1. The predicted octanol–water partition coefficient (Wildman–Crippen LogP) is 5.05. The molecule has 106 valence electrons. The SMILES string of the molecule is Cc1ccc(Br)cc1-c1[nH]nc(N)c1-c1ccc(Cl)cc1. The third-order valence-corrected chi connectivity index (χ3v) is 4.14. The maximum Gasteiger partial charge on any atom is 0.153 e. The van der Waals surface area contributed by atoms with Gasteiger partial charge in [0.05, 0.1) is 11.3 Å². The average molecular weight is 363 g/mol. The third-order valence-electron chi connectivity index (χ3n) is 3.40. The lowest BCUT2D eigenvalue weighted by molar-refractivity contribution is 1.10. The molecule has 0 spiro atoms. The second kappa shape index (κ2) is 5.54. The molecule has 2 aromatic carbocycles. The van der Waals surface area contributed by atoms with Crippen molar-refractivity contribution in [2.45, 2.75) is 6.92 Å². The van der Waals surface area contributed by atoms with E-state index in [2.05, 4.69) is 45.2 Å². The van der Waals surface area contributed by atoms with Crippen LogP contribution in [0, 0.1) is 6.92 Å². The number of aromatic amines is 1. The van der Waals surface area contributed by atoms with Crippen molar-refractivity contribution in [1.29, 1.82) is 0 Å². The highest BCUT2D eigenvalue weighted by molar-refractivity contribution is 9.10. The van der Waals surface area contributed by atoms with Crippen molar-refractivity contribution in [3.8, 4) is 22.4 Å². The summed E-state index contributed by atoms with van der Waals surface area (Å²) in [5, 5.41) is 7.91. The van der Waals surface area contributed by atoms with Crippen molar-refractivity contribution < 1.29 is 0 Å². The molecule has 3 aromatic rings. The smallest absolute Gasteiger partial charge is 0.153 e. The molecule has 0 amide bonds. The number of nitrogen functional groups attached to an aromatic ring is 1. The van der Waals surface area contributed by atoms with Crippen LogP contribution < -0.4 is 5.73 Å².